The molecule has 0 amide bonds. The lowest BCUT2D eigenvalue weighted by Crippen LogP contribution is -2.38. The summed E-state index contributed by atoms with van der Waals surface area (Å²) in [5.74, 6) is -1.20. The first-order chi connectivity index (χ1) is 17.3. The zero-order chi connectivity index (χ0) is 27.2. The van der Waals surface area contributed by atoms with Crippen LogP contribution >= 0.6 is 0 Å². The molecule has 0 aliphatic heterocycles. The van der Waals surface area contributed by atoms with Gasteiger partial charge in [-0.25, -0.2) is 22.3 Å². The number of fused-ring (bicyclic) bond motifs is 1. The van der Waals surface area contributed by atoms with Gasteiger partial charge in [0.1, 0.15) is 11.2 Å². The predicted octanol–water partition coefficient (Wildman–Crippen LogP) is 4.63. The monoisotopic (exact) mass is 535 g/mol. The number of alkyl halides is 3. The maximum Gasteiger partial charge on any atom is 0.416 e. The third kappa shape index (κ3) is 4.93. The average Bonchev–Trinajstić information content (AvgIpc) is 3.23. The van der Waals surface area contributed by atoms with Crippen LogP contribution in [-0.2, 0) is 37.4 Å². The zero-order valence-corrected chi connectivity index (χ0v) is 20.7. The summed E-state index contributed by atoms with van der Waals surface area (Å²) in [5, 5.41) is 3.81. The highest BCUT2D eigenvalue weighted by molar-refractivity contribution is 7.90. The summed E-state index contributed by atoms with van der Waals surface area (Å²) in [5.41, 5.74) is -1.59. The van der Waals surface area contributed by atoms with Crippen molar-refractivity contribution in [3.8, 4) is 11.1 Å². The van der Waals surface area contributed by atoms with Gasteiger partial charge < -0.3 is 4.74 Å². The van der Waals surface area contributed by atoms with Gasteiger partial charge in [0.15, 0.2) is 20.5 Å². The van der Waals surface area contributed by atoms with Gasteiger partial charge in [0.2, 0.25) is 0 Å². The third-order valence-electron chi connectivity index (χ3n) is 5.99. The van der Waals surface area contributed by atoms with E-state index in [0.29, 0.717) is 5.56 Å². The number of ether oxygens (including phenoxy) is 1. The molecule has 0 aliphatic rings. The molecule has 0 N–H and O–H groups in total. The van der Waals surface area contributed by atoms with Crippen LogP contribution in [0.2, 0.25) is 0 Å². The topological polar surface area (TPSA) is 90.6 Å². The smallest absolute Gasteiger partial charge is 0.416 e. The molecule has 0 fully saturated rings. The number of carbonyl (C=O) groups is 1. The molecule has 0 bridgehead atoms. The first-order valence-electron chi connectivity index (χ1n) is 10.8. The van der Waals surface area contributed by atoms with Gasteiger partial charge in [0, 0.05) is 12.5 Å². The van der Waals surface area contributed by atoms with E-state index in [4.69, 9.17) is 4.74 Å². The Morgan fingerprint density at radius 3 is 2.32 bits per heavy atom. The Morgan fingerprint density at radius 2 is 1.76 bits per heavy atom. The first-order valence-corrected chi connectivity index (χ1v) is 12.7. The van der Waals surface area contributed by atoms with Crippen molar-refractivity contribution in [1.82, 2.24) is 14.6 Å². The lowest BCUT2D eigenvalue weighted by molar-refractivity contribution is -0.147. The number of benzene rings is 2. The Balaban J connectivity index is 1.99. The molecule has 194 valence electrons. The minimum Gasteiger partial charge on any atom is -0.468 e. The summed E-state index contributed by atoms with van der Waals surface area (Å²) in [6.07, 6.45) is -2.36. The fraction of sp³-hybridized carbons (Fsp3) is 0.240. The summed E-state index contributed by atoms with van der Waals surface area (Å²) in [4.78, 5) is 17.3. The Morgan fingerprint density at radius 1 is 1.08 bits per heavy atom. The van der Waals surface area contributed by atoms with E-state index >= 15 is 0 Å². The Labute approximate surface area is 209 Å². The van der Waals surface area contributed by atoms with Gasteiger partial charge >= 0.3 is 12.1 Å². The SMILES string of the molecule is COC(=O)C(C)(Cc1cccc(F)c1)c1ccnc2c(-c3ccc(C(F)(F)F)cc3)c(S(C)(=O)=O)nn12. The van der Waals surface area contributed by atoms with E-state index in [1.54, 1.807) is 6.07 Å². The molecule has 4 rings (SSSR count). The number of hydrogen-bond acceptors (Lipinski definition) is 6. The van der Waals surface area contributed by atoms with Gasteiger partial charge in [0.05, 0.1) is 23.9 Å². The molecule has 2 aromatic carbocycles. The number of carbonyl (C=O) groups excluding carboxylic acids is 1. The number of nitrogens with zero attached hydrogens (tertiary/aromatic N) is 3. The van der Waals surface area contributed by atoms with Crippen LogP contribution in [0.1, 0.15) is 23.7 Å². The molecule has 0 saturated heterocycles. The summed E-state index contributed by atoms with van der Waals surface area (Å²) in [6, 6.07) is 11.0. The summed E-state index contributed by atoms with van der Waals surface area (Å²) in [6.45, 7) is 1.54. The van der Waals surface area contributed by atoms with Crippen LogP contribution in [0.5, 0.6) is 0 Å². The Bertz CT molecular complexity index is 1600. The lowest BCUT2D eigenvalue weighted by atomic mass is 9.80. The second-order valence-electron chi connectivity index (χ2n) is 8.72. The highest BCUT2D eigenvalue weighted by atomic mass is 32.2. The van der Waals surface area contributed by atoms with E-state index in [9.17, 15) is 30.8 Å². The lowest BCUT2D eigenvalue weighted by Gasteiger charge is -2.27. The fourth-order valence-electron chi connectivity index (χ4n) is 4.23. The first kappa shape index (κ1) is 26.3. The second-order valence-corrected chi connectivity index (χ2v) is 10.7. The van der Waals surface area contributed by atoms with E-state index < -0.39 is 43.8 Å². The Hall–Kier alpha value is -3.80. The van der Waals surface area contributed by atoms with E-state index in [0.717, 1.165) is 30.5 Å². The molecular formula is C25H21F4N3O4S. The third-order valence-corrected chi connectivity index (χ3v) is 6.97. The van der Waals surface area contributed by atoms with Gasteiger partial charge in [0.25, 0.3) is 0 Å². The highest BCUT2D eigenvalue weighted by Gasteiger charge is 2.40. The molecule has 0 spiro atoms. The molecule has 2 heterocycles. The van der Waals surface area contributed by atoms with E-state index in [1.165, 1.54) is 49.0 Å². The van der Waals surface area contributed by atoms with Crippen molar-refractivity contribution in [2.75, 3.05) is 13.4 Å². The number of halogens is 4. The number of aromatic nitrogens is 3. The number of sulfone groups is 1. The molecule has 2 aromatic heterocycles. The number of esters is 1. The van der Waals surface area contributed by atoms with Crippen LogP contribution in [0.25, 0.3) is 16.8 Å². The molecule has 0 aliphatic carbocycles. The second kappa shape index (κ2) is 9.25. The highest BCUT2D eigenvalue weighted by Crippen LogP contribution is 2.37. The molecule has 7 nitrogen and oxygen atoms in total. The van der Waals surface area contributed by atoms with Crippen molar-refractivity contribution >= 4 is 21.5 Å². The van der Waals surface area contributed by atoms with Crippen LogP contribution in [0.4, 0.5) is 17.6 Å². The van der Waals surface area contributed by atoms with Crippen LogP contribution in [-0.4, -0.2) is 42.4 Å². The van der Waals surface area contributed by atoms with Gasteiger partial charge in [-0.05, 0) is 54.8 Å². The van der Waals surface area contributed by atoms with Gasteiger partial charge in [-0.1, -0.05) is 24.3 Å². The van der Waals surface area contributed by atoms with Gasteiger partial charge in [-0.3, -0.25) is 4.79 Å². The molecule has 4 aromatic rings. The van der Waals surface area contributed by atoms with Crippen LogP contribution < -0.4 is 0 Å². The molecule has 37 heavy (non-hydrogen) atoms. The van der Waals surface area contributed by atoms with Crippen molar-refractivity contribution < 1.29 is 35.5 Å². The Kier molecular flexibility index (Phi) is 6.57. The molecule has 1 atom stereocenters. The van der Waals surface area contributed by atoms with E-state index in [1.807, 2.05) is 0 Å². The van der Waals surface area contributed by atoms with Crippen molar-refractivity contribution in [3.63, 3.8) is 0 Å². The number of hydrogen-bond donors (Lipinski definition) is 0. The van der Waals surface area contributed by atoms with Gasteiger partial charge in [-0.2, -0.15) is 18.3 Å². The standard InChI is InChI=1S/C25H21F4N3O4S/c1-24(23(33)36-2,14-15-5-4-6-18(26)13-15)19-11-12-30-21-20(22(31-32(19)21)37(3,34)35)16-7-9-17(10-8-16)25(27,28)29/h4-13H,14H2,1-3H3. The maximum absolute atomic E-state index is 13.9. The van der Waals surface area contributed by atoms with Crippen LogP contribution in [0.15, 0.2) is 65.8 Å². The molecule has 12 heteroatoms. The molecular weight excluding hydrogens is 514 g/mol. The minimum absolute atomic E-state index is 0.00653. The van der Waals surface area contributed by atoms with Crippen LogP contribution in [0.3, 0.4) is 0 Å². The minimum atomic E-state index is -4.58. The number of methoxy groups -OCH3 is 1. The van der Waals surface area contributed by atoms with Crippen molar-refractivity contribution in [2.45, 2.75) is 30.0 Å². The van der Waals surface area contributed by atoms with E-state index in [-0.39, 0.29) is 28.9 Å². The molecule has 0 saturated carbocycles. The van der Waals surface area contributed by atoms with E-state index in [2.05, 4.69) is 10.1 Å². The predicted molar refractivity (Wildman–Crippen MR) is 126 cm³/mol. The largest absolute Gasteiger partial charge is 0.468 e. The maximum atomic E-state index is 13.9. The number of rotatable bonds is 6. The van der Waals surface area contributed by atoms with Gasteiger partial charge in [-0.15, -0.1) is 0 Å². The average molecular weight is 536 g/mol. The van der Waals surface area contributed by atoms with Crippen molar-refractivity contribution in [3.05, 3.63) is 83.4 Å². The van der Waals surface area contributed by atoms with Crippen molar-refractivity contribution in [2.24, 2.45) is 0 Å². The summed E-state index contributed by atoms with van der Waals surface area (Å²) >= 11 is 0. The normalized spacial score (nSPS) is 13.9. The summed E-state index contributed by atoms with van der Waals surface area (Å²) < 4.78 is 84.7. The fourth-order valence-corrected chi connectivity index (χ4v) is 5.04. The van der Waals surface area contributed by atoms with Crippen LogP contribution in [0, 0.1) is 5.82 Å². The quantitative estimate of drug-likeness (QED) is 0.264. The summed E-state index contributed by atoms with van der Waals surface area (Å²) in [7, 11) is -2.81. The zero-order valence-electron chi connectivity index (χ0n) is 19.9. The molecule has 1 unspecified atom stereocenters. The molecule has 0 radical (unpaired) electrons. The van der Waals surface area contributed by atoms with Crippen molar-refractivity contribution in [1.29, 1.82) is 0 Å².